The van der Waals surface area contributed by atoms with Crippen LogP contribution in [0.15, 0.2) is 42.6 Å². The van der Waals surface area contributed by atoms with Crippen LogP contribution in [-0.4, -0.2) is 36.4 Å². The SMILES string of the molecule is Cc1ccc(C)c(NC(=O)CN(Cc2ccccn2)S(C)(=O)=O)c1. The molecule has 6 nitrogen and oxygen atoms in total. The summed E-state index contributed by atoms with van der Waals surface area (Å²) in [6.07, 6.45) is 2.67. The number of hydrogen-bond acceptors (Lipinski definition) is 4. The van der Waals surface area contributed by atoms with Crippen molar-refractivity contribution >= 4 is 21.6 Å². The zero-order valence-corrected chi connectivity index (χ0v) is 14.8. The van der Waals surface area contributed by atoms with E-state index < -0.39 is 10.0 Å². The lowest BCUT2D eigenvalue weighted by Gasteiger charge is -2.19. The van der Waals surface area contributed by atoms with Gasteiger partial charge in [-0.2, -0.15) is 4.31 Å². The second kappa shape index (κ2) is 7.55. The molecule has 0 bridgehead atoms. The van der Waals surface area contributed by atoms with E-state index in [4.69, 9.17) is 0 Å². The minimum atomic E-state index is -3.54. The number of nitrogens with zero attached hydrogens (tertiary/aromatic N) is 2. The number of pyridine rings is 1. The highest BCUT2D eigenvalue weighted by Gasteiger charge is 2.21. The van der Waals surface area contributed by atoms with Crippen molar-refractivity contribution in [1.29, 1.82) is 0 Å². The molecule has 2 rings (SSSR count). The molecule has 0 atom stereocenters. The summed E-state index contributed by atoms with van der Waals surface area (Å²) in [6, 6.07) is 11.0. The van der Waals surface area contributed by atoms with E-state index in [1.54, 1.807) is 24.4 Å². The molecule has 1 heterocycles. The van der Waals surface area contributed by atoms with E-state index >= 15 is 0 Å². The van der Waals surface area contributed by atoms with Gasteiger partial charge in [0.05, 0.1) is 25.0 Å². The Bertz CT molecular complexity index is 820. The number of aromatic nitrogens is 1. The molecule has 0 unspecified atom stereocenters. The Kier molecular flexibility index (Phi) is 5.69. The molecule has 0 saturated heterocycles. The van der Waals surface area contributed by atoms with Crippen LogP contribution in [0.3, 0.4) is 0 Å². The van der Waals surface area contributed by atoms with Crippen LogP contribution < -0.4 is 5.32 Å². The number of hydrogen-bond donors (Lipinski definition) is 1. The van der Waals surface area contributed by atoms with Crippen molar-refractivity contribution in [2.75, 3.05) is 18.1 Å². The lowest BCUT2D eigenvalue weighted by atomic mass is 10.1. The monoisotopic (exact) mass is 347 g/mol. The molecule has 1 N–H and O–H groups in total. The zero-order valence-electron chi connectivity index (χ0n) is 14.0. The van der Waals surface area contributed by atoms with Crippen molar-refractivity contribution in [2.45, 2.75) is 20.4 Å². The quantitative estimate of drug-likeness (QED) is 0.868. The van der Waals surface area contributed by atoms with Crippen LogP contribution in [0, 0.1) is 13.8 Å². The molecule has 0 aliphatic heterocycles. The van der Waals surface area contributed by atoms with E-state index in [-0.39, 0.29) is 19.0 Å². The summed E-state index contributed by atoms with van der Waals surface area (Å²) < 4.78 is 25.0. The zero-order chi connectivity index (χ0) is 17.7. The Balaban J connectivity index is 2.12. The third-order valence-corrected chi connectivity index (χ3v) is 4.72. The van der Waals surface area contributed by atoms with Crippen molar-refractivity contribution in [2.24, 2.45) is 0 Å². The van der Waals surface area contributed by atoms with Crippen LogP contribution in [-0.2, 0) is 21.4 Å². The Morgan fingerprint density at radius 1 is 1.21 bits per heavy atom. The smallest absolute Gasteiger partial charge is 0.239 e. The number of nitrogens with one attached hydrogen (secondary N) is 1. The lowest BCUT2D eigenvalue weighted by molar-refractivity contribution is -0.116. The van der Waals surface area contributed by atoms with E-state index in [1.165, 1.54) is 0 Å². The maximum absolute atomic E-state index is 12.3. The summed E-state index contributed by atoms with van der Waals surface area (Å²) in [7, 11) is -3.54. The Morgan fingerprint density at radius 3 is 2.58 bits per heavy atom. The Hall–Kier alpha value is -2.25. The molecule has 0 saturated carbocycles. The highest BCUT2D eigenvalue weighted by atomic mass is 32.2. The minimum absolute atomic E-state index is 0.0554. The number of carbonyl (C=O) groups excluding carboxylic acids is 1. The molecule has 24 heavy (non-hydrogen) atoms. The fraction of sp³-hybridized carbons (Fsp3) is 0.294. The molecule has 128 valence electrons. The number of carbonyl (C=O) groups is 1. The summed E-state index contributed by atoms with van der Waals surface area (Å²) in [4.78, 5) is 16.4. The van der Waals surface area contributed by atoms with Gasteiger partial charge in [-0.15, -0.1) is 0 Å². The predicted molar refractivity (Wildman–Crippen MR) is 94.0 cm³/mol. The molecule has 0 aliphatic rings. The summed E-state index contributed by atoms with van der Waals surface area (Å²) in [5.41, 5.74) is 3.21. The number of benzene rings is 1. The molecule has 0 spiro atoms. The van der Waals surface area contributed by atoms with Crippen LogP contribution in [0.4, 0.5) is 5.69 Å². The second-order valence-corrected chi connectivity index (χ2v) is 7.70. The van der Waals surface area contributed by atoms with Crippen molar-refractivity contribution in [3.8, 4) is 0 Å². The molecule has 7 heteroatoms. The van der Waals surface area contributed by atoms with Gasteiger partial charge < -0.3 is 5.32 Å². The van der Waals surface area contributed by atoms with E-state index in [0.29, 0.717) is 11.4 Å². The van der Waals surface area contributed by atoms with Gasteiger partial charge in [0.15, 0.2) is 0 Å². The number of rotatable bonds is 6. The predicted octanol–water partition coefficient (Wildman–Crippen LogP) is 2.10. The fourth-order valence-corrected chi connectivity index (χ4v) is 2.90. The normalized spacial score (nSPS) is 11.5. The van der Waals surface area contributed by atoms with E-state index in [2.05, 4.69) is 10.3 Å². The number of anilines is 1. The van der Waals surface area contributed by atoms with E-state index in [9.17, 15) is 13.2 Å². The summed E-state index contributed by atoms with van der Waals surface area (Å²) >= 11 is 0. The van der Waals surface area contributed by atoms with E-state index in [0.717, 1.165) is 21.7 Å². The highest BCUT2D eigenvalue weighted by molar-refractivity contribution is 7.88. The molecule has 0 radical (unpaired) electrons. The molecule has 0 aliphatic carbocycles. The van der Waals surface area contributed by atoms with Crippen molar-refractivity contribution in [3.05, 3.63) is 59.4 Å². The van der Waals surface area contributed by atoms with Crippen LogP contribution in [0.25, 0.3) is 0 Å². The van der Waals surface area contributed by atoms with Crippen LogP contribution in [0.5, 0.6) is 0 Å². The Morgan fingerprint density at radius 2 is 1.96 bits per heavy atom. The van der Waals surface area contributed by atoms with Crippen molar-refractivity contribution in [3.63, 3.8) is 0 Å². The number of aryl methyl sites for hydroxylation is 2. The molecule has 2 aromatic rings. The summed E-state index contributed by atoms with van der Waals surface area (Å²) in [5, 5.41) is 2.77. The Labute approximate surface area is 142 Å². The highest BCUT2D eigenvalue weighted by Crippen LogP contribution is 2.16. The van der Waals surface area contributed by atoms with Gasteiger partial charge in [-0.3, -0.25) is 9.78 Å². The van der Waals surface area contributed by atoms with Gasteiger partial charge in [-0.05, 0) is 43.2 Å². The maximum atomic E-state index is 12.3. The first-order chi connectivity index (χ1) is 11.3. The fourth-order valence-electron chi connectivity index (χ4n) is 2.18. The first kappa shape index (κ1) is 18.1. The average molecular weight is 347 g/mol. The van der Waals surface area contributed by atoms with Gasteiger partial charge in [0.1, 0.15) is 0 Å². The van der Waals surface area contributed by atoms with Crippen LogP contribution in [0.2, 0.25) is 0 Å². The standard InChI is InChI=1S/C17H21N3O3S/c1-13-7-8-14(2)16(10-13)19-17(21)12-20(24(3,22)23)11-15-6-4-5-9-18-15/h4-10H,11-12H2,1-3H3,(H,19,21). The second-order valence-electron chi connectivity index (χ2n) is 5.72. The molecule has 0 fully saturated rings. The minimum Gasteiger partial charge on any atom is -0.325 e. The molecule has 1 aromatic carbocycles. The van der Waals surface area contributed by atoms with Gasteiger partial charge in [-0.25, -0.2) is 8.42 Å². The largest absolute Gasteiger partial charge is 0.325 e. The van der Waals surface area contributed by atoms with Gasteiger partial charge in [-0.1, -0.05) is 18.2 Å². The molecule has 1 aromatic heterocycles. The first-order valence-electron chi connectivity index (χ1n) is 7.48. The van der Waals surface area contributed by atoms with Gasteiger partial charge in [0, 0.05) is 11.9 Å². The van der Waals surface area contributed by atoms with Gasteiger partial charge in [0.25, 0.3) is 0 Å². The van der Waals surface area contributed by atoms with Gasteiger partial charge in [0.2, 0.25) is 15.9 Å². The molecular weight excluding hydrogens is 326 g/mol. The number of sulfonamides is 1. The van der Waals surface area contributed by atoms with Crippen molar-refractivity contribution in [1.82, 2.24) is 9.29 Å². The topological polar surface area (TPSA) is 79.4 Å². The third kappa shape index (κ3) is 5.14. The maximum Gasteiger partial charge on any atom is 0.239 e. The lowest BCUT2D eigenvalue weighted by Crippen LogP contribution is -2.37. The van der Waals surface area contributed by atoms with E-state index in [1.807, 2.05) is 32.0 Å². The van der Waals surface area contributed by atoms with Crippen LogP contribution in [0.1, 0.15) is 16.8 Å². The molecule has 1 amide bonds. The third-order valence-electron chi connectivity index (χ3n) is 3.52. The number of amides is 1. The van der Waals surface area contributed by atoms with Gasteiger partial charge >= 0.3 is 0 Å². The van der Waals surface area contributed by atoms with Crippen LogP contribution >= 0.6 is 0 Å². The average Bonchev–Trinajstić information content (AvgIpc) is 2.50. The molecular formula is C17H21N3O3S. The summed E-state index contributed by atoms with van der Waals surface area (Å²) in [6.45, 7) is 3.61. The van der Waals surface area contributed by atoms with Crippen molar-refractivity contribution < 1.29 is 13.2 Å². The first-order valence-corrected chi connectivity index (χ1v) is 9.32. The summed E-state index contributed by atoms with van der Waals surface area (Å²) in [5.74, 6) is -0.384.